The van der Waals surface area contributed by atoms with E-state index in [1.165, 1.54) is 0 Å². The molecule has 2 rings (SSSR count). The number of hydrogen-bond donors (Lipinski definition) is 0. The van der Waals surface area contributed by atoms with Crippen LogP contribution in [0.3, 0.4) is 0 Å². The van der Waals surface area contributed by atoms with Crippen LogP contribution >= 0.6 is 0 Å². The summed E-state index contributed by atoms with van der Waals surface area (Å²) in [4.78, 5) is 14.8. The quantitative estimate of drug-likeness (QED) is 0.707. The molecule has 4 nitrogen and oxygen atoms in total. The lowest BCUT2D eigenvalue weighted by Crippen LogP contribution is -2.38. The van der Waals surface area contributed by atoms with Gasteiger partial charge in [-0.05, 0) is 38.3 Å². The Balaban J connectivity index is 1.98. The molecule has 22 heavy (non-hydrogen) atoms. The zero-order valence-electron chi connectivity index (χ0n) is 13.7. The van der Waals surface area contributed by atoms with Crippen molar-refractivity contribution in [1.82, 2.24) is 4.90 Å². The third kappa shape index (κ3) is 5.11. The van der Waals surface area contributed by atoms with E-state index in [2.05, 4.69) is 11.9 Å². The van der Waals surface area contributed by atoms with Gasteiger partial charge in [-0.25, -0.2) is 4.79 Å². The fraction of sp³-hybridized carbons (Fsp3) is 0.611. The van der Waals surface area contributed by atoms with Crippen molar-refractivity contribution in [3.8, 4) is 0 Å². The topological polar surface area (TPSA) is 38.8 Å². The lowest BCUT2D eigenvalue weighted by molar-refractivity contribution is -0.162. The van der Waals surface area contributed by atoms with Crippen LogP contribution in [-0.2, 0) is 14.3 Å². The summed E-state index contributed by atoms with van der Waals surface area (Å²) in [5.74, 6) is -0.238. The molecule has 0 aromatic rings. The lowest BCUT2D eigenvalue weighted by Gasteiger charge is -2.30. The first-order valence-electron chi connectivity index (χ1n) is 8.23. The molecule has 122 valence electrons. The summed E-state index contributed by atoms with van der Waals surface area (Å²) in [6, 6.07) is 0. The minimum atomic E-state index is -0.577. The second-order valence-electron chi connectivity index (χ2n) is 5.95. The van der Waals surface area contributed by atoms with E-state index in [1.54, 1.807) is 0 Å². The van der Waals surface area contributed by atoms with Crippen LogP contribution in [0.25, 0.3) is 0 Å². The van der Waals surface area contributed by atoms with Crippen molar-refractivity contribution in [1.29, 1.82) is 0 Å². The minimum Gasteiger partial charge on any atom is -0.460 e. The molecule has 1 atom stereocenters. The predicted molar refractivity (Wildman–Crippen MR) is 87.6 cm³/mol. The second kappa shape index (κ2) is 8.91. The van der Waals surface area contributed by atoms with Crippen LogP contribution in [0.15, 0.2) is 36.0 Å². The summed E-state index contributed by atoms with van der Waals surface area (Å²) < 4.78 is 11.5. The molecule has 0 N–H and O–H groups in total. The first-order valence-corrected chi connectivity index (χ1v) is 8.23. The number of carbonyl (C=O) groups excluding carboxylic acids is 1. The molecule has 1 aliphatic carbocycles. The van der Waals surface area contributed by atoms with Crippen LogP contribution in [0.4, 0.5) is 0 Å². The lowest BCUT2D eigenvalue weighted by atomic mass is 10.1. The maximum absolute atomic E-state index is 12.6. The van der Waals surface area contributed by atoms with Gasteiger partial charge in [-0.3, -0.25) is 0 Å². The van der Waals surface area contributed by atoms with Crippen molar-refractivity contribution in [2.24, 2.45) is 0 Å². The largest absolute Gasteiger partial charge is 0.460 e. The van der Waals surface area contributed by atoms with Crippen LogP contribution in [0.5, 0.6) is 0 Å². The molecule has 0 aromatic heterocycles. The van der Waals surface area contributed by atoms with Crippen LogP contribution in [-0.4, -0.2) is 49.8 Å². The molecule has 1 unspecified atom stereocenters. The van der Waals surface area contributed by atoms with Crippen molar-refractivity contribution in [3.05, 3.63) is 36.0 Å². The molecule has 0 aromatic carbocycles. The molecular weight excluding hydrogens is 278 g/mol. The van der Waals surface area contributed by atoms with Crippen LogP contribution in [0, 0.1) is 0 Å². The molecule has 0 radical (unpaired) electrons. The Labute approximate surface area is 133 Å². The molecular formula is C18H27NO3. The first-order chi connectivity index (χ1) is 10.7. The summed E-state index contributed by atoms with van der Waals surface area (Å²) in [5.41, 5.74) is 0.969. The Kier molecular flexibility index (Phi) is 6.87. The number of ether oxygens (including phenoxy) is 2. The SMILES string of the molecule is CCCOC(C(=O)OC1CCN(C)CC1)C1=CC=CC=CC1. The fourth-order valence-electron chi connectivity index (χ4n) is 2.68. The highest BCUT2D eigenvalue weighted by Crippen LogP contribution is 2.20. The minimum absolute atomic E-state index is 0.0221. The fourth-order valence-corrected chi connectivity index (χ4v) is 2.68. The zero-order valence-corrected chi connectivity index (χ0v) is 13.7. The van der Waals surface area contributed by atoms with Gasteiger partial charge in [0.25, 0.3) is 0 Å². The van der Waals surface area contributed by atoms with Gasteiger partial charge in [-0.15, -0.1) is 0 Å². The van der Waals surface area contributed by atoms with Crippen molar-refractivity contribution in [2.75, 3.05) is 26.7 Å². The van der Waals surface area contributed by atoms with Crippen LogP contribution in [0.2, 0.25) is 0 Å². The Hall–Kier alpha value is -1.39. The van der Waals surface area contributed by atoms with Crippen molar-refractivity contribution < 1.29 is 14.3 Å². The number of esters is 1. The summed E-state index contributed by atoms with van der Waals surface area (Å²) in [5, 5.41) is 0. The molecule has 0 bridgehead atoms. The Morgan fingerprint density at radius 2 is 2.09 bits per heavy atom. The van der Waals surface area contributed by atoms with Gasteiger partial charge in [0.15, 0.2) is 6.10 Å². The van der Waals surface area contributed by atoms with E-state index in [4.69, 9.17) is 9.47 Å². The van der Waals surface area contributed by atoms with E-state index >= 15 is 0 Å². The van der Waals surface area contributed by atoms with E-state index in [9.17, 15) is 4.79 Å². The smallest absolute Gasteiger partial charge is 0.339 e. The summed E-state index contributed by atoms with van der Waals surface area (Å²) in [7, 11) is 2.10. The average Bonchev–Trinajstić information content (AvgIpc) is 2.79. The van der Waals surface area contributed by atoms with Crippen molar-refractivity contribution in [3.63, 3.8) is 0 Å². The van der Waals surface area contributed by atoms with Crippen LogP contribution in [0.1, 0.15) is 32.6 Å². The standard InChI is InChI=1S/C18H27NO3/c1-3-14-21-17(15-8-6-4-5-7-9-15)18(20)22-16-10-12-19(2)13-11-16/h4-8,16-17H,3,9-14H2,1-2H3. The van der Waals surface area contributed by atoms with Gasteiger partial charge < -0.3 is 14.4 Å². The molecule has 0 amide bonds. The highest BCUT2D eigenvalue weighted by atomic mass is 16.6. The Morgan fingerprint density at radius 3 is 2.82 bits per heavy atom. The number of piperidine rings is 1. The maximum atomic E-state index is 12.6. The van der Waals surface area contributed by atoms with Crippen molar-refractivity contribution in [2.45, 2.75) is 44.8 Å². The van der Waals surface area contributed by atoms with Gasteiger partial charge in [0.05, 0.1) is 0 Å². The molecule has 1 fully saturated rings. The number of hydrogen-bond acceptors (Lipinski definition) is 4. The maximum Gasteiger partial charge on any atom is 0.339 e. The summed E-state index contributed by atoms with van der Waals surface area (Å²) >= 11 is 0. The summed E-state index contributed by atoms with van der Waals surface area (Å²) in [6.07, 6.45) is 12.8. The van der Waals surface area contributed by atoms with Gasteiger partial charge >= 0.3 is 5.97 Å². The Bertz CT molecular complexity index is 445. The second-order valence-corrected chi connectivity index (χ2v) is 5.95. The van der Waals surface area contributed by atoms with Gasteiger partial charge in [0.2, 0.25) is 0 Å². The van der Waals surface area contributed by atoms with Crippen molar-refractivity contribution >= 4 is 5.97 Å². The number of likely N-dealkylation sites (tertiary alicyclic amines) is 1. The van der Waals surface area contributed by atoms with Crippen LogP contribution < -0.4 is 0 Å². The van der Waals surface area contributed by atoms with Gasteiger partial charge in [0, 0.05) is 19.7 Å². The highest BCUT2D eigenvalue weighted by molar-refractivity contribution is 5.79. The molecule has 1 saturated heterocycles. The number of rotatable bonds is 6. The van der Waals surface area contributed by atoms with E-state index in [-0.39, 0.29) is 12.1 Å². The van der Waals surface area contributed by atoms with E-state index < -0.39 is 6.10 Å². The number of carbonyl (C=O) groups is 1. The monoisotopic (exact) mass is 305 g/mol. The normalized spacial score (nSPS) is 21.3. The zero-order chi connectivity index (χ0) is 15.8. The average molecular weight is 305 g/mol. The Morgan fingerprint density at radius 1 is 1.32 bits per heavy atom. The van der Waals surface area contributed by atoms with Gasteiger partial charge in [0.1, 0.15) is 6.10 Å². The van der Waals surface area contributed by atoms with Gasteiger partial charge in [-0.1, -0.05) is 37.3 Å². The molecule has 0 spiro atoms. The molecule has 2 aliphatic rings. The first kappa shape index (κ1) is 17.0. The van der Waals surface area contributed by atoms with E-state index in [0.717, 1.165) is 44.3 Å². The third-order valence-electron chi connectivity index (χ3n) is 4.01. The van der Waals surface area contributed by atoms with E-state index in [1.807, 2.05) is 37.3 Å². The molecule has 1 aliphatic heterocycles. The molecule has 4 heteroatoms. The highest BCUT2D eigenvalue weighted by Gasteiger charge is 2.28. The number of allylic oxidation sites excluding steroid dienone is 5. The number of nitrogens with zero attached hydrogens (tertiary/aromatic N) is 1. The van der Waals surface area contributed by atoms with Gasteiger partial charge in [-0.2, -0.15) is 0 Å². The third-order valence-corrected chi connectivity index (χ3v) is 4.01. The molecule has 0 saturated carbocycles. The van der Waals surface area contributed by atoms with E-state index in [0.29, 0.717) is 6.61 Å². The predicted octanol–water partition coefficient (Wildman–Crippen LogP) is 2.86. The molecule has 1 heterocycles. The summed E-state index contributed by atoms with van der Waals surface area (Å²) in [6.45, 7) is 4.57.